The fourth-order valence-electron chi connectivity index (χ4n) is 3.81. The van der Waals surface area contributed by atoms with E-state index in [1.54, 1.807) is 24.3 Å². The molecule has 1 amide bonds. The highest BCUT2D eigenvalue weighted by Crippen LogP contribution is 2.39. The minimum atomic E-state index is -0.272. The molecule has 1 fully saturated rings. The van der Waals surface area contributed by atoms with Gasteiger partial charge in [-0.05, 0) is 30.5 Å². The van der Waals surface area contributed by atoms with Crippen LogP contribution in [0.2, 0.25) is 0 Å². The summed E-state index contributed by atoms with van der Waals surface area (Å²) < 4.78 is 1.86. The fourth-order valence-corrected chi connectivity index (χ4v) is 3.81. The number of benzene rings is 1. The zero-order valence-corrected chi connectivity index (χ0v) is 12.7. The zero-order valence-electron chi connectivity index (χ0n) is 12.7. The van der Waals surface area contributed by atoms with Gasteiger partial charge in [0, 0.05) is 12.3 Å². The van der Waals surface area contributed by atoms with Crippen molar-refractivity contribution in [2.24, 2.45) is 0 Å². The molecule has 1 aliphatic carbocycles. The van der Waals surface area contributed by atoms with Crippen molar-refractivity contribution >= 4 is 11.7 Å². The molecule has 0 spiro atoms. The van der Waals surface area contributed by atoms with Crippen LogP contribution in [0, 0.1) is 0 Å². The van der Waals surface area contributed by atoms with E-state index in [2.05, 4.69) is 10.4 Å². The van der Waals surface area contributed by atoms with E-state index in [-0.39, 0.29) is 35.6 Å². The van der Waals surface area contributed by atoms with Gasteiger partial charge in [-0.1, -0.05) is 25.0 Å². The normalized spacial score (nSPS) is 21.2. The van der Waals surface area contributed by atoms with E-state index < -0.39 is 0 Å². The maximum absolute atomic E-state index is 12.5. The molecule has 0 radical (unpaired) electrons. The first-order valence-electron chi connectivity index (χ1n) is 8.06. The Bertz CT molecular complexity index is 797. The van der Waals surface area contributed by atoms with Gasteiger partial charge in [-0.15, -0.1) is 0 Å². The Morgan fingerprint density at radius 2 is 1.78 bits per heavy atom. The van der Waals surface area contributed by atoms with Crippen LogP contribution in [0.1, 0.15) is 55.2 Å². The van der Waals surface area contributed by atoms with Crippen molar-refractivity contribution in [3.05, 3.63) is 45.7 Å². The number of carbonyl (C=O) groups excluding carboxylic acids is 1. The van der Waals surface area contributed by atoms with Crippen LogP contribution in [0.5, 0.6) is 5.75 Å². The number of fused-ring (bicyclic) bond motifs is 1. The van der Waals surface area contributed by atoms with Crippen molar-refractivity contribution in [3.8, 4) is 5.75 Å². The molecule has 1 aromatic heterocycles. The number of amides is 1. The van der Waals surface area contributed by atoms with Gasteiger partial charge < -0.3 is 10.4 Å². The largest absolute Gasteiger partial charge is 0.508 e. The van der Waals surface area contributed by atoms with E-state index in [0.29, 0.717) is 11.4 Å². The van der Waals surface area contributed by atoms with Crippen molar-refractivity contribution in [1.29, 1.82) is 0 Å². The van der Waals surface area contributed by atoms with Gasteiger partial charge in [0.1, 0.15) is 11.6 Å². The Kier molecular flexibility index (Phi) is 3.25. The smallest absolute Gasteiger partial charge is 0.270 e. The van der Waals surface area contributed by atoms with E-state index in [1.807, 2.05) is 4.68 Å². The van der Waals surface area contributed by atoms with Crippen LogP contribution >= 0.6 is 0 Å². The SMILES string of the molecule is O=C1C[C@H](c2ccc(O)cc2)c2c(n(C3CCCC3)[nH]c2=O)N1. The summed E-state index contributed by atoms with van der Waals surface area (Å²) in [6.45, 7) is 0. The second kappa shape index (κ2) is 5.30. The third-order valence-electron chi connectivity index (χ3n) is 4.94. The summed E-state index contributed by atoms with van der Waals surface area (Å²) in [5, 5.41) is 15.3. The number of carbonyl (C=O) groups is 1. The van der Waals surface area contributed by atoms with Crippen LogP contribution < -0.4 is 10.9 Å². The third kappa shape index (κ3) is 2.34. The predicted molar refractivity (Wildman–Crippen MR) is 85.8 cm³/mol. The molecule has 6 nitrogen and oxygen atoms in total. The highest BCUT2D eigenvalue weighted by Gasteiger charge is 2.34. The molecule has 23 heavy (non-hydrogen) atoms. The molecule has 1 atom stereocenters. The summed E-state index contributed by atoms with van der Waals surface area (Å²) in [6, 6.07) is 6.97. The van der Waals surface area contributed by atoms with Gasteiger partial charge >= 0.3 is 0 Å². The number of rotatable bonds is 2. The van der Waals surface area contributed by atoms with Gasteiger partial charge in [0.25, 0.3) is 5.56 Å². The molecule has 6 heteroatoms. The molecule has 1 saturated carbocycles. The number of phenols is 1. The van der Waals surface area contributed by atoms with E-state index in [9.17, 15) is 14.7 Å². The van der Waals surface area contributed by atoms with E-state index in [4.69, 9.17) is 0 Å². The number of hydrogen-bond acceptors (Lipinski definition) is 3. The zero-order chi connectivity index (χ0) is 16.0. The minimum Gasteiger partial charge on any atom is -0.508 e. The average Bonchev–Trinajstić information content (AvgIpc) is 3.15. The molecule has 2 aliphatic rings. The molecule has 1 aliphatic heterocycles. The van der Waals surface area contributed by atoms with Gasteiger partial charge in [0.15, 0.2) is 0 Å². The highest BCUT2D eigenvalue weighted by molar-refractivity contribution is 5.94. The quantitative estimate of drug-likeness (QED) is 0.796. The van der Waals surface area contributed by atoms with Crippen molar-refractivity contribution in [3.63, 3.8) is 0 Å². The maximum atomic E-state index is 12.5. The molecule has 2 aromatic rings. The van der Waals surface area contributed by atoms with Crippen LogP contribution in [-0.4, -0.2) is 20.8 Å². The molecule has 1 aromatic carbocycles. The Balaban J connectivity index is 1.82. The van der Waals surface area contributed by atoms with Crippen molar-refractivity contribution in [1.82, 2.24) is 9.78 Å². The number of phenolic OH excluding ortho intramolecular Hbond substituents is 1. The Morgan fingerprint density at radius 1 is 1.09 bits per heavy atom. The Morgan fingerprint density at radius 3 is 2.48 bits per heavy atom. The molecular weight excluding hydrogens is 294 g/mol. The topological polar surface area (TPSA) is 87.1 Å². The van der Waals surface area contributed by atoms with Gasteiger partial charge in [0.05, 0.1) is 11.6 Å². The van der Waals surface area contributed by atoms with Gasteiger partial charge in [-0.25, -0.2) is 0 Å². The number of anilines is 1. The summed E-state index contributed by atoms with van der Waals surface area (Å²) in [5.41, 5.74) is 1.36. The maximum Gasteiger partial charge on any atom is 0.270 e. The van der Waals surface area contributed by atoms with Gasteiger partial charge in [-0.2, -0.15) is 0 Å². The fraction of sp³-hybridized carbons (Fsp3) is 0.412. The first-order valence-corrected chi connectivity index (χ1v) is 8.06. The van der Waals surface area contributed by atoms with Crippen LogP contribution in [0.15, 0.2) is 29.1 Å². The molecule has 0 unspecified atom stereocenters. The lowest BCUT2D eigenvalue weighted by Crippen LogP contribution is -2.27. The van der Waals surface area contributed by atoms with E-state index >= 15 is 0 Å². The highest BCUT2D eigenvalue weighted by atomic mass is 16.3. The number of aromatic nitrogens is 2. The third-order valence-corrected chi connectivity index (χ3v) is 4.94. The Labute approximate surface area is 133 Å². The lowest BCUT2D eigenvalue weighted by Gasteiger charge is -2.24. The molecule has 0 saturated heterocycles. The summed E-state index contributed by atoms with van der Waals surface area (Å²) >= 11 is 0. The van der Waals surface area contributed by atoms with E-state index in [0.717, 1.165) is 31.2 Å². The molecule has 120 valence electrons. The average molecular weight is 313 g/mol. The van der Waals surface area contributed by atoms with E-state index in [1.165, 1.54) is 0 Å². The summed E-state index contributed by atoms with van der Waals surface area (Å²) in [5.74, 6) is 0.440. The number of H-pyrrole nitrogens is 1. The first kappa shape index (κ1) is 14.1. The van der Waals surface area contributed by atoms with Crippen molar-refractivity contribution < 1.29 is 9.90 Å². The Hall–Kier alpha value is -2.50. The van der Waals surface area contributed by atoms with Crippen LogP contribution in [0.25, 0.3) is 0 Å². The van der Waals surface area contributed by atoms with Gasteiger partial charge in [-0.3, -0.25) is 19.4 Å². The summed E-state index contributed by atoms with van der Waals surface area (Å²) in [4.78, 5) is 24.7. The first-order chi connectivity index (χ1) is 11.1. The molecule has 3 N–H and O–H groups in total. The van der Waals surface area contributed by atoms with Crippen molar-refractivity contribution in [2.45, 2.75) is 44.1 Å². The monoisotopic (exact) mass is 313 g/mol. The van der Waals surface area contributed by atoms with Gasteiger partial charge in [0.2, 0.25) is 5.91 Å². The summed E-state index contributed by atoms with van der Waals surface area (Å²) in [7, 11) is 0. The standard InChI is InChI=1S/C17H19N3O3/c21-12-7-5-10(6-8-12)13-9-14(22)18-16-15(13)17(23)19-20(16)11-3-1-2-4-11/h5-8,11,13,21H,1-4,9H2,(H,18,22)(H,19,23)/t13-/m1/s1. The number of hydrogen-bond donors (Lipinski definition) is 3. The van der Waals surface area contributed by atoms with Crippen LogP contribution in [0.3, 0.4) is 0 Å². The molecule has 0 bridgehead atoms. The number of nitrogens with zero attached hydrogens (tertiary/aromatic N) is 1. The predicted octanol–water partition coefficient (Wildman–Crippen LogP) is 2.47. The molecule has 2 heterocycles. The van der Waals surface area contributed by atoms with Crippen LogP contribution in [0.4, 0.5) is 5.82 Å². The number of nitrogens with one attached hydrogen (secondary N) is 2. The van der Waals surface area contributed by atoms with Crippen molar-refractivity contribution in [2.75, 3.05) is 5.32 Å². The minimum absolute atomic E-state index is 0.0821. The summed E-state index contributed by atoms with van der Waals surface area (Å²) in [6.07, 6.45) is 4.59. The molecular formula is C17H19N3O3. The lowest BCUT2D eigenvalue weighted by atomic mass is 9.87. The molecule has 4 rings (SSSR count). The second-order valence-corrected chi connectivity index (χ2v) is 6.41. The number of aromatic amines is 1. The second-order valence-electron chi connectivity index (χ2n) is 6.41. The number of aromatic hydroxyl groups is 1. The lowest BCUT2D eigenvalue weighted by molar-refractivity contribution is -0.116. The van der Waals surface area contributed by atoms with Crippen LogP contribution in [-0.2, 0) is 4.79 Å².